The average Bonchev–Trinajstić information content (AvgIpc) is 1.94. The monoisotopic (exact) mass is 282 g/mol. The normalized spacial score (nSPS) is 33.4. The van der Waals surface area contributed by atoms with Crippen LogP contribution in [0, 0.1) is 0 Å². The molecule has 1 aliphatic heterocycles. The molecule has 0 bridgehead atoms. The molecule has 0 radical (unpaired) electrons. The predicted molar refractivity (Wildman–Crippen MR) is 30.6 cm³/mol. The third-order valence-corrected chi connectivity index (χ3v) is 2.37. The lowest BCUT2D eigenvalue weighted by molar-refractivity contribution is -0.554. The van der Waals surface area contributed by atoms with Gasteiger partial charge in [0, 0.05) is 0 Å². The van der Waals surface area contributed by atoms with Gasteiger partial charge in [-0.15, -0.1) is 0 Å². The second-order valence-corrected chi connectivity index (χ2v) is 3.39. The molecule has 16 heavy (non-hydrogen) atoms. The minimum atomic E-state index is -6.47. The van der Waals surface area contributed by atoms with E-state index in [4.69, 9.17) is 0 Å². The second kappa shape index (κ2) is 2.89. The summed E-state index contributed by atoms with van der Waals surface area (Å²) >= 11 is 4.01. The summed E-state index contributed by atoms with van der Waals surface area (Å²) in [5, 5.41) is -5.43. The number of hydrogen-bond donors (Lipinski definition) is 0. The summed E-state index contributed by atoms with van der Waals surface area (Å²) in [6.45, 7) is 0. The molecule has 1 fully saturated rings. The largest absolute Gasteiger partial charge is 0.431 e. The van der Waals surface area contributed by atoms with Crippen molar-refractivity contribution in [3.63, 3.8) is 0 Å². The highest BCUT2D eigenvalue weighted by Gasteiger charge is 2.98. The van der Waals surface area contributed by atoms with Gasteiger partial charge in [-0.05, 0) is 0 Å². The van der Waals surface area contributed by atoms with Gasteiger partial charge in [-0.3, -0.25) is 4.74 Å². The number of halogens is 10. The SMILES string of the molecule is FC(F)(F)C1(C(F)(F)F)OC(F)(F)[C@@]1(F)Cl. The number of rotatable bonds is 0. The zero-order valence-corrected chi connectivity index (χ0v) is 7.44. The van der Waals surface area contributed by atoms with Crippen LogP contribution in [0.1, 0.15) is 0 Å². The van der Waals surface area contributed by atoms with Gasteiger partial charge in [0.15, 0.2) is 0 Å². The predicted octanol–water partition coefficient (Wildman–Crippen LogP) is 3.38. The highest BCUT2D eigenvalue weighted by Crippen LogP contribution is 2.68. The van der Waals surface area contributed by atoms with Gasteiger partial charge in [0.25, 0.3) is 0 Å². The lowest BCUT2D eigenvalue weighted by Gasteiger charge is -2.54. The van der Waals surface area contributed by atoms with Gasteiger partial charge in [0.05, 0.1) is 0 Å². The molecular weight excluding hydrogens is 282 g/mol. The van der Waals surface area contributed by atoms with E-state index in [1.54, 1.807) is 0 Å². The minimum absolute atomic E-state index is 2.37. The number of ether oxygens (including phenoxy) is 1. The van der Waals surface area contributed by atoms with Crippen molar-refractivity contribution in [2.45, 2.75) is 29.2 Å². The summed E-state index contributed by atoms with van der Waals surface area (Å²) in [4.78, 5) is 0. The summed E-state index contributed by atoms with van der Waals surface area (Å²) in [7, 11) is 0. The van der Waals surface area contributed by atoms with E-state index in [2.05, 4.69) is 16.3 Å². The highest BCUT2D eigenvalue weighted by atomic mass is 35.5. The van der Waals surface area contributed by atoms with Crippen LogP contribution >= 0.6 is 11.6 Å². The van der Waals surface area contributed by atoms with E-state index in [0.29, 0.717) is 0 Å². The van der Waals surface area contributed by atoms with E-state index in [1.807, 2.05) is 0 Å². The minimum Gasteiger partial charge on any atom is -0.287 e. The smallest absolute Gasteiger partial charge is 0.287 e. The van der Waals surface area contributed by atoms with Gasteiger partial charge >= 0.3 is 29.2 Å². The summed E-state index contributed by atoms with van der Waals surface area (Å²) in [5.74, 6) is 0. The molecule has 1 nitrogen and oxygen atoms in total. The van der Waals surface area contributed by atoms with E-state index in [-0.39, 0.29) is 0 Å². The quantitative estimate of drug-likeness (QED) is 0.489. The van der Waals surface area contributed by atoms with Crippen molar-refractivity contribution in [2.24, 2.45) is 0 Å². The molecule has 1 heterocycles. The Hall–Kier alpha value is -0.380. The Bertz CT molecular complexity index is 288. The van der Waals surface area contributed by atoms with Crippen molar-refractivity contribution < 1.29 is 44.3 Å². The number of alkyl halides is 10. The van der Waals surface area contributed by atoms with Crippen molar-refractivity contribution in [2.75, 3.05) is 0 Å². The van der Waals surface area contributed by atoms with Crippen LogP contribution in [0.3, 0.4) is 0 Å². The van der Waals surface area contributed by atoms with Crippen LogP contribution in [0.25, 0.3) is 0 Å². The van der Waals surface area contributed by atoms with Gasteiger partial charge in [0.2, 0.25) is 0 Å². The van der Waals surface area contributed by atoms with E-state index < -0.39 is 29.2 Å². The lowest BCUT2D eigenvalue weighted by Crippen LogP contribution is -2.84. The van der Waals surface area contributed by atoms with Crippen LogP contribution in [0.15, 0.2) is 0 Å². The fourth-order valence-corrected chi connectivity index (χ4v) is 1.40. The number of hydrogen-bond acceptors (Lipinski definition) is 1. The third-order valence-electron chi connectivity index (χ3n) is 1.89. The molecule has 1 aliphatic rings. The van der Waals surface area contributed by atoms with Crippen LogP contribution in [-0.2, 0) is 4.74 Å². The molecular formula is C5ClF9O. The van der Waals surface area contributed by atoms with E-state index in [0.717, 1.165) is 0 Å². The van der Waals surface area contributed by atoms with Gasteiger partial charge < -0.3 is 0 Å². The summed E-state index contributed by atoms with van der Waals surface area (Å²) in [6.07, 6.45) is -18.3. The van der Waals surface area contributed by atoms with E-state index in [9.17, 15) is 39.5 Å². The van der Waals surface area contributed by atoms with Crippen LogP contribution in [-0.4, -0.2) is 29.2 Å². The maximum atomic E-state index is 12.7. The Morgan fingerprint density at radius 3 is 1.19 bits per heavy atom. The molecule has 1 atom stereocenters. The Morgan fingerprint density at radius 2 is 1.12 bits per heavy atom. The van der Waals surface area contributed by atoms with Gasteiger partial charge in [-0.25, -0.2) is 4.39 Å². The first-order chi connectivity index (χ1) is 6.71. The first-order valence-electron chi connectivity index (χ1n) is 3.30. The molecule has 0 saturated carbocycles. The molecule has 0 spiro atoms. The summed E-state index contributed by atoms with van der Waals surface area (Å²) in [5.41, 5.74) is -5.72. The van der Waals surface area contributed by atoms with E-state index in [1.165, 1.54) is 0 Å². The average molecular weight is 282 g/mol. The molecule has 0 N–H and O–H groups in total. The van der Waals surface area contributed by atoms with Crippen LogP contribution < -0.4 is 0 Å². The lowest BCUT2D eigenvalue weighted by atomic mass is 9.88. The molecule has 11 heteroatoms. The molecule has 1 saturated heterocycles. The Morgan fingerprint density at radius 1 is 0.812 bits per heavy atom. The van der Waals surface area contributed by atoms with Gasteiger partial charge in [-0.2, -0.15) is 35.1 Å². The molecule has 0 aromatic rings. The molecule has 0 aliphatic carbocycles. The highest BCUT2D eigenvalue weighted by molar-refractivity contribution is 6.25. The Kier molecular flexibility index (Phi) is 2.47. The Labute approximate surface area is 86.1 Å². The maximum Gasteiger partial charge on any atom is 0.431 e. The van der Waals surface area contributed by atoms with Gasteiger partial charge in [0.1, 0.15) is 0 Å². The standard InChI is InChI=1S/C5ClF9O/c6-2(7)1(3(8,9)10,4(11,12)13)16-5(2,14)15/t2-/m1/s1. The van der Waals surface area contributed by atoms with Crippen molar-refractivity contribution in [3.8, 4) is 0 Å². The molecule has 0 unspecified atom stereocenters. The first kappa shape index (κ1) is 13.7. The van der Waals surface area contributed by atoms with Crippen LogP contribution in [0.4, 0.5) is 39.5 Å². The molecule has 0 aromatic heterocycles. The zero-order valence-electron chi connectivity index (χ0n) is 6.69. The molecule has 1 rings (SSSR count). The summed E-state index contributed by atoms with van der Waals surface area (Å²) < 4.78 is 111. The van der Waals surface area contributed by atoms with Crippen LogP contribution in [0.5, 0.6) is 0 Å². The molecule has 0 aromatic carbocycles. The second-order valence-electron chi connectivity index (χ2n) is 2.87. The fraction of sp³-hybridized carbons (Fsp3) is 1.00. The maximum absolute atomic E-state index is 12.7. The fourth-order valence-electron chi connectivity index (χ4n) is 1.11. The molecule has 0 amide bonds. The van der Waals surface area contributed by atoms with Crippen molar-refractivity contribution in [1.29, 1.82) is 0 Å². The third kappa shape index (κ3) is 1.25. The Balaban J connectivity index is 3.35. The van der Waals surface area contributed by atoms with Crippen LogP contribution in [0.2, 0.25) is 0 Å². The first-order valence-corrected chi connectivity index (χ1v) is 3.68. The van der Waals surface area contributed by atoms with Crippen molar-refractivity contribution >= 4 is 11.6 Å². The van der Waals surface area contributed by atoms with Gasteiger partial charge in [-0.1, -0.05) is 11.6 Å². The van der Waals surface area contributed by atoms with Crippen molar-refractivity contribution in [1.82, 2.24) is 0 Å². The molecule has 96 valence electrons. The topological polar surface area (TPSA) is 9.23 Å². The van der Waals surface area contributed by atoms with Crippen molar-refractivity contribution in [3.05, 3.63) is 0 Å². The van der Waals surface area contributed by atoms with E-state index >= 15 is 0 Å². The zero-order chi connectivity index (χ0) is 13.2. The summed E-state index contributed by atoms with van der Waals surface area (Å²) in [6, 6.07) is 0.